The molecule has 2 aliphatic heterocycles. The topological polar surface area (TPSA) is 60.9 Å². The Labute approximate surface area is 207 Å². The van der Waals surface area contributed by atoms with Crippen LogP contribution in [0.1, 0.15) is 36.6 Å². The quantitative estimate of drug-likeness (QED) is 0.478. The summed E-state index contributed by atoms with van der Waals surface area (Å²) in [5.74, 6) is -0.970. The Morgan fingerprint density at radius 1 is 0.794 bits per heavy atom. The van der Waals surface area contributed by atoms with E-state index in [1.807, 2.05) is 25.1 Å². The lowest BCUT2D eigenvalue weighted by molar-refractivity contribution is 0.0746. The first-order chi connectivity index (χ1) is 16.3. The van der Waals surface area contributed by atoms with Gasteiger partial charge in [0.05, 0.1) is 27.5 Å². The summed E-state index contributed by atoms with van der Waals surface area (Å²) in [6.45, 7) is 4.15. The number of piperazine rings is 1. The normalized spacial score (nSPS) is 15.7. The number of aryl methyl sites for hydroxylation is 1. The number of nitrogens with zero attached hydrogens (tertiary/aromatic N) is 3. The first-order valence-corrected chi connectivity index (χ1v) is 11.7. The summed E-state index contributed by atoms with van der Waals surface area (Å²) in [7, 11) is 0. The van der Waals surface area contributed by atoms with Crippen molar-refractivity contribution in [1.29, 1.82) is 0 Å². The summed E-state index contributed by atoms with van der Waals surface area (Å²) in [6.07, 6.45) is 0. The molecule has 0 N–H and O–H groups in total. The van der Waals surface area contributed by atoms with E-state index in [2.05, 4.69) is 4.90 Å². The van der Waals surface area contributed by atoms with Crippen LogP contribution in [0.15, 0.2) is 60.7 Å². The molecule has 2 aliphatic rings. The molecule has 0 atom stereocenters. The molecule has 6 nitrogen and oxygen atoms in total. The molecule has 3 amide bonds. The van der Waals surface area contributed by atoms with E-state index in [4.69, 9.17) is 23.2 Å². The van der Waals surface area contributed by atoms with Gasteiger partial charge in [-0.1, -0.05) is 40.9 Å². The Morgan fingerprint density at radius 2 is 1.47 bits per heavy atom. The predicted molar refractivity (Wildman–Crippen MR) is 133 cm³/mol. The van der Waals surface area contributed by atoms with Crippen LogP contribution >= 0.6 is 23.2 Å². The number of carbonyl (C=O) groups is 3. The van der Waals surface area contributed by atoms with Crippen LogP contribution in [0.25, 0.3) is 0 Å². The molecule has 34 heavy (non-hydrogen) atoms. The lowest BCUT2D eigenvalue weighted by atomic mass is 10.0. The van der Waals surface area contributed by atoms with Gasteiger partial charge in [0.2, 0.25) is 0 Å². The van der Waals surface area contributed by atoms with E-state index in [9.17, 15) is 14.4 Å². The fourth-order valence-corrected chi connectivity index (χ4v) is 4.77. The Morgan fingerprint density at radius 3 is 2.18 bits per heavy atom. The predicted octanol–water partition coefficient (Wildman–Crippen LogP) is 5.06. The standard InChI is InChI=1S/C26H21Cl2N3O3/c1-16-2-6-19(7-3-16)31-25(33)20-8-4-17(14-21(20)26(31)34)24(32)30-12-10-29(11-13-30)23-15-18(27)5-9-22(23)28/h2-9,14-15H,10-13H2,1H3. The van der Waals surface area contributed by atoms with E-state index >= 15 is 0 Å². The van der Waals surface area contributed by atoms with Crippen LogP contribution < -0.4 is 9.80 Å². The molecule has 0 spiro atoms. The average Bonchev–Trinajstić information content (AvgIpc) is 3.10. The van der Waals surface area contributed by atoms with Crippen molar-refractivity contribution in [3.63, 3.8) is 0 Å². The first kappa shape index (κ1) is 22.4. The lowest BCUT2D eigenvalue weighted by Gasteiger charge is -2.36. The summed E-state index contributed by atoms with van der Waals surface area (Å²) in [5.41, 5.74) is 3.34. The zero-order valence-electron chi connectivity index (χ0n) is 18.4. The number of amides is 3. The molecule has 3 aromatic carbocycles. The van der Waals surface area contributed by atoms with Crippen molar-refractivity contribution in [3.05, 3.63) is 93.0 Å². The second-order valence-corrected chi connectivity index (χ2v) is 9.26. The van der Waals surface area contributed by atoms with E-state index in [0.717, 1.165) is 16.2 Å². The zero-order valence-corrected chi connectivity index (χ0v) is 19.9. The fraction of sp³-hybridized carbons (Fsp3) is 0.192. The number of halogens is 2. The van der Waals surface area contributed by atoms with Crippen molar-refractivity contribution < 1.29 is 14.4 Å². The van der Waals surface area contributed by atoms with Crippen molar-refractivity contribution >= 4 is 52.3 Å². The number of carbonyl (C=O) groups excluding carboxylic acids is 3. The second-order valence-electron chi connectivity index (χ2n) is 8.42. The van der Waals surface area contributed by atoms with E-state index in [0.29, 0.717) is 53.0 Å². The summed E-state index contributed by atoms with van der Waals surface area (Å²) in [6, 6.07) is 17.2. The number of rotatable bonds is 3. The molecule has 8 heteroatoms. The zero-order chi connectivity index (χ0) is 24.0. The monoisotopic (exact) mass is 493 g/mol. The van der Waals surface area contributed by atoms with E-state index in [-0.39, 0.29) is 17.4 Å². The van der Waals surface area contributed by atoms with Crippen LogP contribution in [0, 0.1) is 6.92 Å². The highest BCUT2D eigenvalue weighted by Crippen LogP contribution is 2.31. The molecule has 0 aromatic heterocycles. The average molecular weight is 494 g/mol. The third kappa shape index (κ3) is 3.93. The summed E-state index contributed by atoms with van der Waals surface area (Å²) in [5, 5.41) is 1.22. The van der Waals surface area contributed by atoms with Crippen molar-refractivity contribution in [1.82, 2.24) is 4.90 Å². The maximum atomic E-state index is 13.2. The van der Waals surface area contributed by atoms with E-state index in [1.165, 1.54) is 6.07 Å². The molecular formula is C26H21Cl2N3O3. The highest BCUT2D eigenvalue weighted by atomic mass is 35.5. The Balaban J connectivity index is 1.32. The maximum absolute atomic E-state index is 13.2. The second kappa shape index (κ2) is 8.78. The molecule has 3 aromatic rings. The minimum atomic E-state index is -0.418. The molecule has 0 saturated carbocycles. The highest BCUT2D eigenvalue weighted by molar-refractivity contribution is 6.35. The smallest absolute Gasteiger partial charge is 0.266 e. The van der Waals surface area contributed by atoms with Crippen LogP contribution in [0.2, 0.25) is 10.0 Å². The van der Waals surface area contributed by atoms with Gasteiger partial charge in [-0.3, -0.25) is 14.4 Å². The van der Waals surface area contributed by atoms with Gasteiger partial charge < -0.3 is 9.80 Å². The molecule has 1 fully saturated rings. The van der Waals surface area contributed by atoms with Gasteiger partial charge in [-0.15, -0.1) is 0 Å². The van der Waals surface area contributed by atoms with Gasteiger partial charge in [0, 0.05) is 36.8 Å². The Kier molecular flexibility index (Phi) is 5.80. The van der Waals surface area contributed by atoms with E-state index < -0.39 is 5.91 Å². The van der Waals surface area contributed by atoms with Crippen LogP contribution in [0.4, 0.5) is 11.4 Å². The highest BCUT2D eigenvalue weighted by Gasteiger charge is 2.37. The fourth-order valence-electron chi connectivity index (χ4n) is 4.36. The molecule has 0 aliphatic carbocycles. The third-order valence-corrected chi connectivity index (χ3v) is 6.80. The van der Waals surface area contributed by atoms with Crippen LogP contribution in [-0.2, 0) is 0 Å². The van der Waals surface area contributed by atoms with E-state index in [1.54, 1.807) is 41.3 Å². The van der Waals surface area contributed by atoms with Crippen LogP contribution in [0.3, 0.4) is 0 Å². The minimum absolute atomic E-state index is 0.173. The summed E-state index contributed by atoms with van der Waals surface area (Å²) in [4.78, 5) is 44.1. The molecule has 2 heterocycles. The Bertz CT molecular complexity index is 1320. The van der Waals surface area contributed by atoms with Gasteiger partial charge in [0.1, 0.15) is 0 Å². The van der Waals surface area contributed by atoms with Gasteiger partial charge in [0.15, 0.2) is 0 Å². The molecule has 0 unspecified atom stereocenters. The van der Waals surface area contributed by atoms with Crippen LogP contribution in [0.5, 0.6) is 0 Å². The maximum Gasteiger partial charge on any atom is 0.266 e. The third-order valence-electron chi connectivity index (χ3n) is 6.24. The largest absolute Gasteiger partial charge is 0.367 e. The van der Waals surface area contributed by atoms with Gasteiger partial charge >= 0.3 is 0 Å². The Hall–Kier alpha value is -3.35. The minimum Gasteiger partial charge on any atom is -0.367 e. The van der Waals surface area contributed by atoms with Crippen molar-refractivity contribution in [2.45, 2.75) is 6.92 Å². The lowest BCUT2D eigenvalue weighted by Crippen LogP contribution is -2.48. The summed E-state index contributed by atoms with van der Waals surface area (Å²) >= 11 is 12.4. The molecule has 0 bridgehead atoms. The van der Waals surface area contributed by atoms with Crippen molar-refractivity contribution in [2.24, 2.45) is 0 Å². The molecular weight excluding hydrogens is 473 g/mol. The number of benzene rings is 3. The summed E-state index contributed by atoms with van der Waals surface area (Å²) < 4.78 is 0. The number of imide groups is 1. The number of anilines is 2. The van der Waals surface area contributed by atoms with Gasteiger partial charge in [-0.05, 0) is 55.5 Å². The molecule has 0 radical (unpaired) electrons. The first-order valence-electron chi connectivity index (χ1n) is 10.9. The van der Waals surface area contributed by atoms with Crippen molar-refractivity contribution in [2.75, 3.05) is 36.0 Å². The molecule has 1 saturated heterocycles. The molecule has 172 valence electrons. The SMILES string of the molecule is Cc1ccc(N2C(=O)c3ccc(C(=O)N4CCN(c5cc(Cl)ccc5Cl)CC4)cc3C2=O)cc1. The molecule has 5 rings (SSSR count). The number of fused-ring (bicyclic) bond motifs is 1. The van der Waals surface area contributed by atoms with Gasteiger partial charge in [-0.25, -0.2) is 4.90 Å². The number of hydrogen-bond acceptors (Lipinski definition) is 4. The van der Waals surface area contributed by atoms with Crippen molar-refractivity contribution in [3.8, 4) is 0 Å². The number of hydrogen-bond donors (Lipinski definition) is 0. The van der Waals surface area contributed by atoms with Crippen LogP contribution in [-0.4, -0.2) is 48.8 Å². The van der Waals surface area contributed by atoms with Gasteiger partial charge in [0.25, 0.3) is 17.7 Å². The van der Waals surface area contributed by atoms with Gasteiger partial charge in [-0.2, -0.15) is 0 Å².